The summed E-state index contributed by atoms with van der Waals surface area (Å²) in [5, 5.41) is 5.10. The van der Waals surface area contributed by atoms with Gasteiger partial charge in [-0.3, -0.25) is 14.5 Å². The van der Waals surface area contributed by atoms with Crippen molar-refractivity contribution in [3.05, 3.63) is 64.9 Å². The Morgan fingerprint density at radius 3 is 2.58 bits per heavy atom. The molecule has 4 amide bonds. The number of anilines is 1. The van der Waals surface area contributed by atoms with E-state index in [1.807, 2.05) is 0 Å². The number of halogens is 2. The van der Waals surface area contributed by atoms with Crippen molar-refractivity contribution < 1.29 is 18.8 Å². The van der Waals surface area contributed by atoms with E-state index in [0.29, 0.717) is 5.56 Å². The van der Waals surface area contributed by atoms with E-state index in [4.69, 9.17) is 11.6 Å². The van der Waals surface area contributed by atoms with E-state index in [1.54, 1.807) is 37.3 Å². The van der Waals surface area contributed by atoms with Crippen LogP contribution in [0.3, 0.4) is 0 Å². The van der Waals surface area contributed by atoms with Gasteiger partial charge in [-0.2, -0.15) is 0 Å². The van der Waals surface area contributed by atoms with Gasteiger partial charge in [0.1, 0.15) is 17.9 Å². The highest BCUT2D eigenvalue weighted by Gasteiger charge is 2.49. The molecule has 1 fully saturated rings. The maximum atomic E-state index is 13.1. The molecule has 1 atom stereocenters. The van der Waals surface area contributed by atoms with Gasteiger partial charge in [0.05, 0.1) is 10.7 Å². The van der Waals surface area contributed by atoms with Crippen LogP contribution in [0.2, 0.25) is 5.02 Å². The molecule has 8 heteroatoms. The van der Waals surface area contributed by atoms with Gasteiger partial charge >= 0.3 is 6.03 Å². The number of nitrogens with zero attached hydrogens (tertiary/aromatic N) is 1. The highest BCUT2D eigenvalue weighted by Crippen LogP contribution is 2.28. The van der Waals surface area contributed by atoms with Crippen LogP contribution in [-0.4, -0.2) is 29.3 Å². The summed E-state index contributed by atoms with van der Waals surface area (Å²) in [6.07, 6.45) is 0. The van der Waals surface area contributed by atoms with Crippen LogP contribution in [0.5, 0.6) is 0 Å². The number of hydrogen-bond donors (Lipinski definition) is 2. The Labute approximate surface area is 153 Å². The lowest BCUT2D eigenvalue weighted by atomic mass is 9.92. The number of carbonyl (C=O) groups is 3. The van der Waals surface area contributed by atoms with Crippen molar-refractivity contribution in [2.75, 3.05) is 11.9 Å². The topological polar surface area (TPSA) is 78.5 Å². The zero-order valence-electron chi connectivity index (χ0n) is 13.8. The van der Waals surface area contributed by atoms with Crippen molar-refractivity contribution in [2.45, 2.75) is 12.5 Å². The number of carbonyl (C=O) groups excluding carboxylic acids is 3. The summed E-state index contributed by atoms with van der Waals surface area (Å²) in [5.41, 5.74) is -0.439. The van der Waals surface area contributed by atoms with Gasteiger partial charge in [-0.1, -0.05) is 41.9 Å². The minimum Gasteiger partial charge on any atom is -0.323 e. The highest BCUT2D eigenvalue weighted by atomic mass is 35.5. The molecule has 1 saturated heterocycles. The van der Waals surface area contributed by atoms with Crippen LogP contribution in [0.1, 0.15) is 12.5 Å². The molecule has 2 N–H and O–H groups in total. The van der Waals surface area contributed by atoms with Crippen molar-refractivity contribution in [1.82, 2.24) is 10.2 Å². The largest absolute Gasteiger partial charge is 0.325 e. The summed E-state index contributed by atoms with van der Waals surface area (Å²) in [6.45, 7) is 1.10. The molecular formula is C18H15ClFN3O3. The van der Waals surface area contributed by atoms with E-state index in [0.717, 1.165) is 17.0 Å². The molecule has 0 bridgehead atoms. The lowest BCUT2D eigenvalue weighted by Crippen LogP contribution is -2.42. The first-order chi connectivity index (χ1) is 12.3. The summed E-state index contributed by atoms with van der Waals surface area (Å²) < 4.78 is 13.1. The molecule has 2 aromatic carbocycles. The van der Waals surface area contributed by atoms with Crippen molar-refractivity contribution in [3.63, 3.8) is 0 Å². The lowest BCUT2D eigenvalue weighted by molar-refractivity contribution is -0.133. The normalized spacial score (nSPS) is 19.4. The minimum absolute atomic E-state index is 0.0182. The van der Waals surface area contributed by atoms with E-state index < -0.39 is 35.7 Å². The molecule has 134 valence electrons. The Hall–Kier alpha value is -2.93. The smallest absolute Gasteiger partial charge is 0.323 e. The Morgan fingerprint density at radius 1 is 1.23 bits per heavy atom. The SMILES string of the molecule is CC1(c2ccccc2)NC(=O)N(CC(=O)Nc2ccc(F)cc2Cl)C1=O. The van der Waals surface area contributed by atoms with Gasteiger partial charge in [0.2, 0.25) is 5.91 Å². The third-order valence-electron chi connectivity index (χ3n) is 4.13. The van der Waals surface area contributed by atoms with Crippen LogP contribution < -0.4 is 10.6 Å². The Balaban J connectivity index is 1.74. The Bertz CT molecular complexity index is 891. The number of urea groups is 1. The quantitative estimate of drug-likeness (QED) is 0.806. The number of hydrogen-bond acceptors (Lipinski definition) is 3. The zero-order chi connectivity index (χ0) is 18.9. The third-order valence-corrected chi connectivity index (χ3v) is 4.45. The van der Waals surface area contributed by atoms with Crippen LogP contribution in [0, 0.1) is 5.82 Å². The molecule has 0 aromatic heterocycles. The van der Waals surface area contributed by atoms with Crippen molar-refractivity contribution in [1.29, 1.82) is 0 Å². The molecule has 0 saturated carbocycles. The second kappa shape index (κ2) is 6.76. The molecule has 1 heterocycles. The lowest BCUT2D eigenvalue weighted by Gasteiger charge is -2.22. The molecule has 0 spiro atoms. The van der Waals surface area contributed by atoms with Crippen LogP contribution in [0.4, 0.5) is 14.9 Å². The first-order valence-corrected chi connectivity index (χ1v) is 8.13. The summed E-state index contributed by atoms with van der Waals surface area (Å²) in [5.74, 6) is -1.70. The highest BCUT2D eigenvalue weighted by molar-refractivity contribution is 6.33. The zero-order valence-corrected chi connectivity index (χ0v) is 14.5. The second-order valence-electron chi connectivity index (χ2n) is 5.98. The van der Waals surface area contributed by atoms with Crippen LogP contribution >= 0.6 is 11.6 Å². The van der Waals surface area contributed by atoms with Crippen molar-refractivity contribution in [2.24, 2.45) is 0 Å². The predicted molar refractivity (Wildman–Crippen MR) is 94.1 cm³/mol. The molecule has 1 unspecified atom stereocenters. The fraction of sp³-hybridized carbons (Fsp3) is 0.167. The van der Waals surface area contributed by atoms with Gasteiger partial charge in [-0.15, -0.1) is 0 Å². The molecule has 0 aliphatic carbocycles. The first-order valence-electron chi connectivity index (χ1n) is 7.76. The third kappa shape index (κ3) is 3.25. The van der Waals surface area contributed by atoms with E-state index >= 15 is 0 Å². The Kier molecular flexibility index (Phi) is 4.65. The van der Waals surface area contributed by atoms with Crippen LogP contribution in [-0.2, 0) is 15.1 Å². The molecule has 2 aromatic rings. The van der Waals surface area contributed by atoms with E-state index in [2.05, 4.69) is 10.6 Å². The van der Waals surface area contributed by atoms with Gasteiger partial charge < -0.3 is 10.6 Å². The summed E-state index contributed by atoms with van der Waals surface area (Å²) in [7, 11) is 0. The average molecular weight is 376 g/mol. The maximum absolute atomic E-state index is 13.1. The van der Waals surface area contributed by atoms with Crippen molar-refractivity contribution >= 4 is 35.1 Å². The fourth-order valence-electron chi connectivity index (χ4n) is 2.73. The van der Waals surface area contributed by atoms with Gasteiger partial charge in [-0.25, -0.2) is 9.18 Å². The van der Waals surface area contributed by atoms with Crippen molar-refractivity contribution in [3.8, 4) is 0 Å². The molecule has 1 aliphatic heterocycles. The minimum atomic E-state index is -1.24. The van der Waals surface area contributed by atoms with Gasteiger partial charge in [0.25, 0.3) is 5.91 Å². The number of rotatable bonds is 4. The molecular weight excluding hydrogens is 361 g/mol. The molecule has 0 radical (unpaired) electrons. The molecule has 26 heavy (non-hydrogen) atoms. The van der Waals surface area contributed by atoms with E-state index in [1.165, 1.54) is 6.07 Å². The van der Waals surface area contributed by atoms with Crippen LogP contribution in [0.25, 0.3) is 0 Å². The van der Waals surface area contributed by atoms with E-state index in [-0.39, 0.29) is 10.7 Å². The number of nitrogens with one attached hydrogen (secondary N) is 2. The predicted octanol–water partition coefficient (Wildman–Crippen LogP) is 2.88. The Morgan fingerprint density at radius 2 is 1.92 bits per heavy atom. The molecule has 1 aliphatic rings. The standard InChI is InChI=1S/C18H15ClFN3O3/c1-18(11-5-3-2-4-6-11)16(25)23(17(26)22-18)10-15(24)21-14-8-7-12(20)9-13(14)19/h2-9H,10H2,1H3,(H,21,24)(H,22,26). The van der Waals surface area contributed by atoms with Gasteiger partial charge in [0, 0.05) is 0 Å². The summed E-state index contributed by atoms with van der Waals surface area (Å²) in [6, 6.07) is 11.6. The fourth-order valence-corrected chi connectivity index (χ4v) is 2.95. The monoisotopic (exact) mass is 375 g/mol. The van der Waals surface area contributed by atoms with E-state index in [9.17, 15) is 18.8 Å². The second-order valence-corrected chi connectivity index (χ2v) is 6.39. The number of benzene rings is 2. The molecule has 6 nitrogen and oxygen atoms in total. The number of amides is 4. The summed E-state index contributed by atoms with van der Waals surface area (Å²) >= 11 is 5.86. The molecule has 3 rings (SSSR count). The number of imide groups is 1. The average Bonchev–Trinajstić information content (AvgIpc) is 2.82. The van der Waals surface area contributed by atoms with Gasteiger partial charge in [0.15, 0.2) is 0 Å². The van der Waals surface area contributed by atoms with Gasteiger partial charge in [-0.05, 0) is 30.7 Å². The van der Waals surface area contributed by atoms with Crippen LogP contribution in [0.15, 0.2) is 48.5 Å². The maximum Gasteiger partial charge on any atom is 0.325 e. The first kappa shape index (κ1) is 17.9. The summed E-state index contributed by atoms with van der Waals surface area (Å²) in [4.78, 5) is 38.0.